The van der Waals surface area contributed by atoms with Crippen molar-refractivity contribution in [3.63, 3.8) is 0 Å². The predicted molar refractivity (Wildman–Crippen MR) is 415 cm³/mol. The Kier molecular flexibility index (Phi) is 65.0. The van der Waals surface area contributed by atoms with Gasteiger partial charge in [-0.05, 0) is 83.5 Å². The van der Waals surface area contributed by atoms with Gasteiger partial charge in [-0.15, -0.1) is 0 Å². The minimum absolute atomic E-state index is 0.249. The first-order valence-electron chi connectivity index (χ1n) is 42.2. The van der Waals surface area contributed by atoms with Crippen LogP contribution in [0.3, 0.4) is 0 Å². The van der Waals surface area contributed by atoms with Gasteiger partial charge in [-0.3, -0.25) is 4.79 Å². The maximum atomic E-state index is 13.4. The van der Waals surface area contributed by atoms with Crippen LogP contribution in [-0.4, -0.2) is 140 Å². The van der Waals surface area contributed by atoms with Gasteiger partial charge in [-0.1, -0.05) is 356 Å². The van der Waals surface area contributed by atoms with Gasteiger partial charge >= 0.3 is 0 Å². The summed E-state index contributed by atoms with van der Waals surface area (Å²) < 4.78 is 22.9. The highest BCUT2D eigenvalue weighted by atomic mass is 16.7. The molecule has 2 heterocycles. The van der Waals surface area contributed by atoms with E-state index in [4.69, 9.17) is 18.9 Å². The van der Waals surface area contributed by atoms with E-state index in [1.165, 1.54) is 283 Å². The average molecular weight is 1410 g/mol. The molecule has 2 aliphatic heterocycles. The van der Waals surface area contributed by atoms with Crippen molar-refractivity contribution in [1.29, 1.82) is 0 Å². The van der Waals surface area contributed by atoms with Gasteiger partial charge in [0, 0.05) is 6.42 Å². The van der Waals surface area contributed by atoms with Crippen LogP contribution in [0.4, 0.5) is 0 Å². The van der Waals surface area contributed by atoms with E-state index in [2.05, 4.69) is 79.9 Å². The molecule has 0 spiro atoms. The van der Waals surface area contributed by atoms with Crippen LogP contribution in [0, 0.1) is 0 Å². The molecule has 0 aliphatic carbocycles. The first-order chi connectivity index (χ1) is 49.1. The number of carbonyl (C=O) groups excluding carboxylic acids is 1. The Bertz CT molecular complexity index is 1960. The normalized spacial score (nSPS) is 22.2. The first-order valence-corrected chi connectivity index (χ1v) is 42.2. The molecule has 12 atom stereocenters. The van der Waals surface area contributed by atoms with Crippen LogP contribution in [0.2, 0.25) is 0 Å². The van der Waals surface area contributed by atoms with Gasteiger partial charge in [0.25, 0.3) is 0 Å². The molecule has 1 amide bonds. The topological polar surface area (TPSA) is 228 Å². The number of carbonyl (C=O) groups is 1. The highest BCUT2D eigenvalue weighted by Crippen LogP contribution is 2.30. The molecule has 14 nitrogen and oxygen atoms in total. The molecule has 2 rings (SSSR count). The first kappa shape index (κ1) is 93.5. The fourth-order valence-corrected chi connectivity index (χ4v) is 13.7. The zero-order valence-corrected chi connectivity index (χ0v) is 64.2. The largest absolute Gasteiger partial charge is 0.394 e. The van der Waals surface area contributed by atoms with Crippen molar-refractivity contribution in [2.45, 2.75) is 447 Å². The van der Waals surface area contributed by atoms with Crippen molar-refractivity contribution in [3.8, 4) is 0 Å². The average Bonchev–Trinajstić information content (AvgIpc) is 0.791. The van der Waals surface area contributed by atoms with E-state index in [1.807, 2.05) is 6.08 Å². The highest BCUT2D eigenvalue weighted by Gasteiger charge is 2.51. The molecule has 0 aromatic carbocycles. The summed E-state index contributed by atoms with van der Waals surface area (Å²) in [6, 6.07) is -0.943. The summed E-state index contributed by atoms with van der Waals surface area (Å²) in [7, 11) is 0. The van der Waals surface area contributed by atoms with Crippen molar-refractivity contribution in [3.05, 3.63) is 72.9 Å². The van der Waals surface area contributed by atoms with Crippen LogP contribution in [0.5, 0.6) is 0 Å². The SMILES string of the molecule is CCCCCCC/C=C\C/C=C\C/C=C\CCCCCCCCCCCCCCCCCCCCC(=O)NC(COC1OC(CO)C(OC2OC(CO)C(O)C(O)C2O)C(O)C1O)C(O)/C=C/CC/C=C/CC/C=C/CCCCCCCCCCCCCCCCCCCCCCCCC. The van der Waals surface area contributed by atoms with E-state index in [9.17, 15) is 45.6 Å². The number of aliphatic hydroxyl groups is 8. The molecular weight excluding hydrogens is 1250 g/mol. The zero-order chi connectivity index (χ0) is 72.2. The highest BCUT2D eigenvalue weighted by molar-refractivity contribution is 5.76. The number of rotatable bonds is 71. The van der Waals surface area contributed by atoms with E-state index >= 15 is 0 Å². The number of hydrogen-bond acceptors (Lipinski definition) is 13. The summed E-state index contributed by atoms with van der Waals surface area (Å²) >= 11 is 0. The zero-order valence-electron chi connectivity index (χ0n) is 64.2. The van der Waals surface area contributed by atoms with Crippen LogP contribution < -0.4 is 5.32 Å². The molecule has 0 radical (unpaired) electrons. The van der Waals surface area contributed by atoms with Crippen LogP contribution in [0.25, 0.3) is 0 Å². The van der Waals surface area contributed by atoms with E-state index in [-0.39, 0.29) is 18.9 Å². The van der Waals surface area contributed by atoms with Crippen LogP contribution in [-0.2, 0) is 23.7 Å². The molecule has 100 heavy (non-hydrogen) atoms. The molecule has 2 fully saturated rings. The summed E-state index contributed by atoms with van der Waals surface area (Å²) in [5.41, 5.74) is 0. The molecule has 12 unspecified atom stereocenters. The third-order valence-corrected chi connectivity index (χ3v) is 20.3. The van der Waals surface area contributed by atoms with E-state index in [0.29, 0.717) is 12.8 Å². The van der Waals surface area contributed by atoms with Crippen molar-refractivity contribution < 1.29 is 64.6 Å². The number of hydrogen-bond donors (Lipinski definition) is 9. The molecule has 2 aliphatic rings. The molecule has 0 aromatic rings. The fourth-order valence-electron chi connectivity index (χ4n) is 13.7. The predicted octanol–water partition coefficient (Wildman–Crippen LogP) is 19.7. The molecule has 9 N–H and O–H groups in total. The lowest BCUT2D eigenvalue weighted by molar-refractivity contribution is -0.359. The van der Waals surface area contributed by atoms with Gasteiger partial charge in [-0.25, -0.2) is 0 Å². The smallest absolute Gasteiger partial charge is 0.220 e. The summed E-state index contributed by atoms with van der Waals surface area (Å²) in [4.78, 5) is 13.4. The second-order valence-electron chi connectivity index (χ2n) is 29.6. The lowest BCUT2D eigenvalue weighted by Gasteiger charge is -2.46. The maximum absolute atomic E-state index is 13.4. The minimum Gasteiger partial charge on any atom is -0.394 e. The van der Waals surface area contributed by atoms with Gasteiger partial charge in [-0.2, -0.15) is 0 Å². The third kappa shape index (κ3) is 51.6. The van der Waals surface area contributed by atoms with Crippen molar-refractivity contribution in [1.82, 2.24) is 5.32 Å². The summed E-state index contributed by atoms with van der Waals surface area (Å²) in [6.07, 6.45) is 80.0. The number of unbranched alkanes of at least 4 members (excludes halogenated alkanes) is 48. The second kappa shape index (κ2) is 69.5. The molecule has 0 bridgehead atoms. The number of ether oxygens (including phenoxy) is 4. The monoisotopic (exact) mass is 1410 g/mol. The lowest BCUT2D eigenvalue weighted by Crippen LogP contribution is -2.65. The van der Waals surface area contributed by atoms with Gasteiger partial charge in [0.15, 0.2) is 12.6 Å². The van der Waals surface area contributed by atoms with Gasteiger partial charge in [0.05, 0.1) is 32.0 Å². The standard InChI is InChI=1S/C86H157NO13/c1-3-5-7-9-11-13-15-17-19-21-23-25-27-29-31-33-35-37-39-41-43-45-47-49-51-53-55-57-59-61-63-65-67-69-75(90)74(73-97-85-83(96)81(94)84(77(72-89)99-85)100-86-82(95)80(93)79(92)76(71-88)98-86)87-78(91)70-68-66-64-62-60-58-56-54-52-50-48-46-44-42-40-38-36-34-32-30-28-26-24-22-20-18-16-14-12-10-8-6-4-2/h16,18,22,24,28,30,51,53,59,61,67,69,74-77,79-86,88-90,92-96H,3-15,17,19-21,23,25-27,29,31-50,52,54-58,60,62-66,68,70-73H2,1-2H3,(H,87,91)/b18-16-,24-22-,30-28-,53-51+,61-59+,69-67+. The van der Waals surface area contributed by atoms with E-state index < -0.39 is 86.8 Å². The Morgan fingerprint density at radius 1 is 0.360 bits per heavy atom. The van der Waals surface area contributed by atoms with Gasteiger partial charge < -0.3 is 65.1 Å². The summed E-state index contributed by atoms with van der Waals surface area (Å²) in [5.74, 6) is -0.249. The summed E-state index contributed by atoms with van der Waals surface area (Å²) in [5, 5.41) is 87.7. The maximum Gasteiger partial charge on any atom is 0.220 e. The van der Waals surface area contributed by atoms with Crippen LogP contribution >= 0.6 is 0 Å². The number of aliphatic hydroxyl groups excluding tert-OH is 8. The fraction of sp³-hybridized carbons (Fsp3) is 0.849. The Morgan fingerprint density at radius 3 is 1.05 bits per heavy atom. The van der Waals surface area contributed by atoms with Gasteiger partial charge in [0.2, 0.25) is 5.91 Å². The number of nitrogens with one attached hydrogen (secondary N) is 1. The van der Waals surface area contributed by atoms with E-state index in [1.54, 1.807) is 6.08 Å². The molecule has 0 aromatic heterocycles. The molecular formula is C86H157NO13. The third-order valence-electron chi connectivity index (χ3n) is 20.3. The quantitative estimate of drug-likeness (QED) is 0.0204. The van der Waals surface area contributed by atoms with Crippen molar-refractivity contribution in [2.75, 3.05) is 19.8 Å². The molecule has 0 saturated carbocycles. The Balaban J connectivity index is 1.62. The van der Waals surface area contributed by atoms with Crippen LogP contribution in [0.1, 0.15) is 373 Å². The lowest BCUT2D eigenvalue weighted by atomic mass is 9.97. The Labute approximate surface area is 612 Å². The molecule has 14 heteroatoms. The van der Waals surface area contributed by atoms with E-state index in [0.717, 1.165) is 57.8 Å². The second-order valence-corrected chi connectivity index (χ2v) is 29.6. The summed E-state index contributed by atoms with van der Waals surface area (Å²) in [6.45, 7) is 2.82. The van der Waals surface area contributed by atoms with Crippen LogP contribution in [0.15, 0.2) is 72.9 Å². The number of allylic oxidation sites excluding steroid dienone is 11. The minimum atomic E-state index is -1.80. The molecule has 584 valence electrons. The Morgan fingerprint density at radius 2 is 0.670 bits per heavy atom. The number of amides is 1. The van der Waals surface area contributed by atoms with Crippen molar-refractivity contribution in [2.24, 2.45) is 0 Å². The molecule has 2 saturated heterocycles. The Hall–Kier alpha value is -2.57. The van der Waals surface area contributed by atoms with Crippen molar-refractivity contribution >= 4 is 5.91 Å². The van der Waals surface area contributed by atoms with Gasteiger partial charge in [0.1, 0.15) is 48.8 Å².